The molecule has 12 nitrogen and oxygen atoms in total. The molecule has 12 heteroatoms. The van der Waals surface area contributed by atoms with Crippen LogP contribution in [-0.2, 0) is 43.7 Å². The zero-order chi connectivity index (χ0) is 21.0. The lowest BCUT2D eigenvalue weighted by molar-refractivity contribution is -0.119. The van der Waals surface area contributed by atoms with E-state index in [1.165, 1.54) is 34.2 Å². The summed E-state index contributed by atoms with van der Waals surface area (Å²) in [4.78, 5) is 53.1. The molecule has 0 saturated heterocycles. The van der Waals surface area contributed by atoms with Crippen LogP contribution in [0.15, 0.2) is 15.9 Å². The zero-order valence-corrected chi connectivity index (χ0v) is 16.4. The second-order valence-electron chi connectivity index (χ2n) is 7.19. The number of carbonyl (C=O) groups excluding carboxylic acids is 2. The van der Waals surface area contributed by atoms with Crippen LogP contribution in [0.4, 0.5) is 11.6 Å². The molecule has 4 heterocycles. The lowest BCUT2D eigenvalue weighted by Gasteiger charge is -2.19. The van der Waals surface area contributed by atoms with Crippen LogP contribution < -0.4 is 21.9 Å². The van der Waals surface area contributed by atoms with Gasteiger partial charge < -0.3 is 15.2 Å². The number of aryl methyl sites for hydroxylation is 2. The molecule has 29 heavy (non-hydrogen) atoms. The highest BCUT2D eigenvalue weighted by molar-refractivity contribution is 5.98. The van der Waals surface area contributed by atoms with E-state index in [2.05, 4.69) is 20.7 Å². The average Bonchev–Trinajstić information content (AvgIpc) is 3.21. The fourth-order valence-electron chi connectivity index (χ4n) is 3.50. The molecule has 4 rings (SSSR count). The molecule has 0 bridgehead atoms. The molecule has 0 aromatic carbocycles. The molecule has 1 aliphatic rings. The van der Waals surface area contributed by atoms with E-state index in [1.807, 2.05) is 0 Å². The summed E-state index contributed by atoms with van der Waals surface area (Å²) in [5, 5.41) is 9.81. The number of amides is 2. The van der Waals surface area contributed by atoms with Gasteiger partial charge in [-0.05, 0) is 6.42 Å². The fourth-order valence-corrected chi connectivity index (χ4v) is 3.50. The Bertz CT molecular complexity index is 1290. The minimum absolute atomic E-state index is 0.0929. The van der Waals surface area contributed by atoms with E-state index in [0.29, 0.717) is 18.1 Å². The molecule has 3 aromatic rings. The molecule has 0 saturated carbocycles. The first-order chi connectivity index (χ1) is 13.7. The number of nitrogens with zero attached hydrogens (tertiary/aromatic N) is 6. The van der Waals surface area contributed by atoms with Crippen molar-refractivity contribution in [1.82, 2.24) is 28.5 Å². The van der Waals surface area contributed by atoms with Crippen LogP contribution in [0, 0.1) is 5.92 Å². The summed E-state index contributed by atoms with van der Waals surface area (Å²) in [7, 11) is 4.56. The van der Waals surface area contributed by atoms with Crippen LogP contribution >= 0.6 is 0 Å². The lowest BCUT2D eigenvalue weighted by Crippen LogP contribution is -2.37. The summed E-state index contributed by atoms with van der Waals surface area (Å²) in [5.74, 6) is 0.184. The topological polar surface area (TPSA) is 138 Å². The Morgan fingerprint density at radius 2 is 1.97 bits per heavy atom. The van der Waals surface area contributed by atoms with Crippen molar-refractivity contribution in [1.29, 1.82) is 0 Å². The molecule has 0 radical (unpaired) electrons. The van der Waals surface area contributed by atoms with Crippen LogP contribution in [0.25, 0.3) is 11.2 Å². The summed E-state index contributed by atoms with van der Waals surface area (Å²) < 4.78 is 5.13. The predicted octanol–water partition coefficient (Wildman–Crippen LogP) is -1.06. The molecule has 0 fully saturated rings. The van der Waals surface area contributed by atoms with Gasteiger partial charge in [0, 0.05) is 32.6 Å². The van der Waals surface area contributed by atoms with Crippen molar-refractivity contribution in [3.8, 4) is 0 Å². The van der Waals surface area contributed by atoms with Crippen molar-refractivity contribution >= 4 is 34.6 Å². The molecule has 152 valence electrons. The molecule has 1 atom stereocenters. The number of hydrogen-bond acceptors (Lipinski definition) is 6. The van der Waals surface area contributed by atoms with E-state index < -0.39 is 17.2 Å². The third-order valence-corrected chi connectivity index (χ3v) is 5.13. The molecular formula is C17H20N8O4. The van der Waals surface area contributed by atoms with Gasteiger partial charge in [0.2, 0.25) is 11.8 Å². The van der Waals surface area contributed by atoms with Gasteiger partial charge in [-0.15, -0.1) is 0 Å². The Labute approximate surface area is 163 Å². The Morgan fingerprint density at radius 3 is 2.69 bits per heavy atom. The van der Waals surface area contributed by atoms with Gasteiger partial charge in [-0.1, -0.05) is 6.92 Å². The second kappa shape index (κ2) is 6.43. The molecule has 0 spiro atoms. The standard InChI is InChI=1S/C17H20N8O4/c1-8-5-9-12(21-24(4)13(9)20-15(8)27)19-10(26)6-25-7-18-14-11(25)16(28)23(3)17(29)22(14)2/h7-8H,5-6H2,1-4H3,(H,20,27)(H,19,21,26)/t8-/m0/s1. The molecule has 2 N–H and O–H groups in total. The number of fused-ring (bicyclic) bond motifs is 2. The minimum atomic E-state index is -0.528. The molecule has 1 aliphatic heterocycles. The van der Waals surface area contributed by atoms with Crippen molar-refractivity contribution < 1.29 is 9.59 Å². The van der Waals surface area contributed by atoms with Gasteiger partial charge in [0.25, 0.3) is 5.56 Å². The van der Waals surface area contributed by atoms with Crippen molar-refractivity contribution in [3.05, 3.63) is 32.7 Å². The molecule has 0 aliphatic carbocycles. The minimum Gasteiger partial charge on any atom is -0.315 e. The number of hydrogen-bond donors (Lipinski definition) is 2. The number of aromatic nitrogens is 6. The predicted molar refractivity (Wildman–Crippen MR) is 104 cm³/mol. The summed E-state index contributed by atoms with van der Waals surface area (Å²) in [6.07, 6.45) is 1.81. The lowest BCUT2D eigenvalue weighted by atomic mass is 9.98. The Kier molecular flexibility index (Phi) is 4.14. The summed E-state index contributed by atoms with van der Waals surface area (Å²) in [6.45, 7) is 1.62. The van der Waals surface area contributed by atoms with Crippen molar-refractivity contribution in [2.45, 2.75) is 19.9 Å². The highest BCUT2D eigenvalue weighted by Crippen LogP contribution is 2.30. The molecule has 3 aromatic heterocycles. The zero-order valence-electron chi connectivity index (χ0n) is 16.4. The third kappa shape index (κ3) is 2.83. The van der Waals surface area contributed by atoms with Crippen molar-refractivity contribution in [3.63, 3.8) is 0 Å². The van der Waals surface area contributed by atoms with E-state index >= 15 is 0 Å². The smallest absolute Gasteiger partial charge is 0.315 e. The van der Waals surface area contributed by atoms with E-state index in [1.54, 1.807) is 14.0 Å². The van der Waals surface area contributed by atoms with Gasteiger partial charge in [-0.3, -0.25) is 28.2 Å². The summed E-state index contributed by atoms with van der Waals surface area (Å²) in [6, 6.07) is 0. The van der Waals surface area contributed by atoms with Crippen molar-refractivity contribution in [2.24, 2.45) is 27.1 Å². The Balaban J connectivity index is 1.64. The maximum Gasteiger partial charge on any atom is 0.332 e. The van der Waals surface area contributed by atoms with Crippen molar-refractivity contribution in [2.75, 3.05) is 10.6 Å². The Hall–Kier alpha value is -3.70. The normalized spacial score (nSPS) is 16.0. The highest BCUT2D eigenvalue weighted by atomic mass is 16.2. The van der Waals surface area contributed by atoms with Gasteiger partial charge in [0.15, 0.2) is 17.0 Å². The third-order valence-electron chi connectivity index (χ3n) is 5.13. The van der Waals surface area contributed by atoms with Crippen LogP contribution in [0.1, 0.15) is 12.5 Å². The maximum atomic E-state index is 12.6. The van der Waals surface area contributed by atoms with Crippen LogP contribution in [0.5, 0.6) is 0 Å². The first-order valence-electron chi connectivity index (χ1n) is 8.96. The number of carbonyl (C=O) groups is 2. The Morgan fingerprint density at radius 1 is 1.24 bits per heavy atom. The van der Waals surface area contributed by atoms with Gasteiger partial charge in [-0.2, -0.15) is 5.10 Å². The molecule has 2 amide bonds. The summed E-state index contributed by atoms with van der Waals surface area (Å²) >= 11 is 0. The number of rotatable bonds is 3. The molecule has 0 unspecified atom stereocenters. The van der Waals surface area contributed by atoms with Gasteiger partial charge in [0.05, 0.1) is 6.33 Å². The quantitative estimate of drug-likeness (QED) is 0.575. The van der Waals surface area contributed by atoms with Gasteiger partial charge in [-0.25, -0.2) is 9.78 Å². The van der Waals surface area contributed by atoms with E-state index in [9.17, 15) is 19.2 Å². The number of anilines is 2. The van der Waals surface area contributed by atoms with E-state index in [-0.39, 0.29) is 29.5 Å². The van der Waals surface area contributed by atoms with Crippen LogP contribution in [0.3, 0.4) is 0 Å². The van der Waals surface area contributed by atoms with E-state index in [4.69, 9.17) is 0 Å². The first kappa shape index (κ1) is 18.7. The average molecular weight is 400 g/mol. The SMILES string of the molecule is C[C@H]1Cc2c(NC(=O)Cn3cnc4c3c(=O)n(C)c(=O)n4C)nn(C)c2NC1=O. The van der Waals surface area contributed by atoms with Crippen LogP contribution in [-0.4, -0.2) is 40.3 Å². The van der Waals surface area contributed by atoms with E-state index in [0.717, 1.165) is 10.1 Å². The fraction of sp³-hybridized carbons (Fsp3) is 0.412. The monoisotopic (exact) mass is 400 g/mol. The van der Waals surface area contributed by atoms with Gasteiger partial charge in [0.1, 0.15) is 12.4 Å². The maximum absolute atomic E-state index is 12.6. The number of nitrogens with one attached hydrogen (secondary N) is 2. The van der Waals surface area contributed by atoms with Gasteiger partial charge >= 0.3 is 5.69 Å². The number of imidazole rings is 1. The van der Waals surface area contributed by atoms with Crippen LogP contribution in [0.2, 0.25) is 0 Å². The summed E-state index contributed by atoms with van der Waals surface area (Å²) in [5.41, 5.74) is 0.0988. The second-order valence-corrected chi connectivity index (χ2v) is 7.19. The largest absolute Gasteiger partial charge is 0.332 e. The molecular weight excluding hydrogens is 380 g/mol. The first-order valence-corrected chi connectivity index (χ1v) is 8.96. The highest BCUT2D eigenvalue weighted by Gasteiger charge is 2.29.